The van der Waals surface area contributed by atoms with Gasteiger partial charge in [-0.1, -0.05) is 28.9 Å². The Labute approximate surface area is 103 Å². The largest absolute Gasteiger partial charge is 0.396 e. The van der Waals surface area contributed by atoms with Gasteiger partial charge in [0.25, 0.3) is 0 Å². The van der Waals surface area contributed by atoms with Crippen LogP contribution in [0, 0.1) is 0 Å². The quantitative estimate of drug-likeness (QED) is 0.820. The first-order valence-corrected chi connectivity index (χ1v) is 6.51. The molecule has 1 unspecified atom stereocenters. The van der Waals surface area contributed by atoms with E-state index in [0.29, 0.717) is 5.25 Å². The first-order chi connectivity index (χ1) is 7.17. The Morgan fingerprint density at radius 1 is 1.40 bits per heavy atom. The Balaban J connectivity index is 2.66. The third-order valence-electron chi connectivity index (χ3n) is 2.07. The minimum atomic E-state index is 0.0533. The highest BCUT2D eigenvalue weighted by Crippen LogP contribution is 2.29. The number of aliphatic hydroxyl groups excluding tert-OH is 2. The molecule has 15 heavy (non-hydrogen) atoms. The van der Waals surface area contributed by atoms with Crippen LogP contribution in [0.3, 0.4) is 0 Å². The second-order valence-electron chi connectivity index (χ2n) is 3.35. The fourth-order valence-corrected chi connectivity index (χ4v) is 2.88. The van der Waals surface area contributed by atoms with Crippen LogP contribution in [-0.2, 0) is 6.61 Å². The van der Waals surface area contributed by atoms with Crippen LogP contribution in [0.2, 0.25) is 0 Å². The molecule has 2 nitrogen and oxygen atoms in total. The number of aliphatic hydroxyl groups is 2. The first-order valence-electron chi connectivity index (χ1n) is 4.84. The van der Waals surface area contributed by atoms with Crippen molar-refractivity contribution in [2.45, 2.75) is 30.1 Å². The third kappa shape index (κ3) is 4.15. The Kier molecular flexibility index (Phi) is 5.68. The van der Waals surface area contributed by atoms with Gasteiger partial charge in [0.15, 0.2) is 0 Å². The summed E-state index contributed by atoms with van der Waals surface area (Å²) < 4.78 is 0.936. The van der Waals surface area contributed by atoms with Crippen LogP contribution in [0.5, 0.6) is 0 Å². The predicted molar refractivity (Wildman–Crippen MR) is 67.1 cm³/mol. The smallest absolute Gasteiger partial charge is 0.0692 e. The minimum absolute atomic E-state index is 0.0533. The first kappa shape index (κ1) is 13.0. The summed E-state index contributed by atoms with van der Waals surface area (Å²) in [6.45, 7) is 2.37. The lowest BCUT2D eigenvalue weighted by atomic mass is 10.2. The van der Waals surface area contributed by atoms with Gasteiger partial charge in [0, 0.05) is 21.2 Å². The van der Waals surface area contributed by atoms with E-state index in [9.17, 15) is 0 Å². The Bertz CT molecular complexity index is 317. The molecule has 1 aromatic carbocycles. The zero-order chi connectivity index (χ0) is 11.3. The van der Waals surface area contributed by atoms with E-state index in [1.54, 1.807) is 11.8 Å². The van der Waals surface area contributed by atoms with E-state index in [0.717, 1.165) is 21.4 Å². The van der Waals surface area contributed by atoms with E-state index < -0.39 is 0 Å². The fraction of sp³-hybridized carbons (Fsp3) is 0.455. The Hall–Kier alpha value is -0.0300. The second kappa shape index (κ2) is 6.53. The van der Waals surface area contributed by atoms with Crippen LogP contribution in [0.4, 0.5) is 0 Å². The Morgan fingerprint density at radius 2 is 2.13 bits per heavy atom. The molecule has 2 N–H and O–H groups in total. The number of hydrogen-bond donors (Lipinski definition) is 2. The highest BCUT2D eigenvalue weighted by molar-refractivity contribution is 9.10. The summed E-state index contributed by atoms with van der Waals surface area (Å²) in [5, 5.41) is 18.2. The van der Waals surface area contributed by atoms with Gasteiger partial charge in [-0.05, 0) is 24.1 Å². The standard InChI is InChI=1S/C11H15BrO2S/c1-8(4-5-13)15-10-3-2-9(7-14)11(12)6-10/h2-3,6,8,13-14H,4-5,7H2,1H3. The maximum Gasteiger partial charge on any atom is 0.0692 e. The molecular weight excluding hydrogens is 276 g/mol. The fourth-order valence-electron chi connectivity index (χ4n) is 1.20. The topological polar surface area (TPSA) is 40.5 Å². The molecule has 4 heteroatoms. The molecule has 1 atom stereocenters. The number of halogens is 1. The summed E-state index contributed by atoms with van der Waals surface area (Å²) in [7, 11) is 0. The van der Waals surface area contributed by atoms with E-state index >= 15 is 0 Å². The molecule has 0 fully saturated rings. The normalized spacial score (nSPS) is 12.8. The molecule has 0 saturated carbocycles. The molecule has 0 amide bonds. The van der Waals surface area contributed by atoms with Crippen molar-refractivity contribution in [3.63, 3.8) is 0 Å². The number of benzene rings is 1. The molecule has 0 bridgehead atoms. The molecule has 0 aliphatic carbocycles. The molecule has 0 heterocycles. The van der Waals surface area contributed by atoms with Gasteiger partial charge in [0.2, 0.25) is 0 Å². The van der Waals surface area contributed by atoms with Crippen molar-refractivity contribution in [1.29, 1.82) is 0 Å². The van der Waals surface area contributed by atoms with Crippen molar-refractivity contribution < 1.29 is 10.2 Å². The van der Waals surface area contributed by atoms with Gasteiger partial charge in [-0.15, -0.1) is 11.8 Å². The molecule has 0 aliphatic heterocycles. The van der Waals surface area contributed by atoms with Crippen LogP contribution in [0.1, 0.15) is 18.9 Å². The molecule has 84 valence electrons. The molecule has 0 aromatic heterocycles. The van der Waals surface area contributed by atoms with Crippen molar-refractivity contribution >= 4 is 27.7 Å². The molecule has 0 aliphatic rings. The second-order valence-corrected chi connectivity index (χ2v) is 5.72. The third-order valence-corrected chi connectivity index (χ3v) is 3.97. The van der Waals surface area contributed by atoms with E-state index in [-0.39, 0.29) is 13.2 Å². The number of rotatable bonds is 5. The maximum absolute atomic E-state index is 9.01. The summed E-state index contributed by atoms with van der Waals surface area (Å²) in [4.78, 5) is 1.15. The predicted octanol–water partition coefficient (Wildman–Crippen LogP) is 2.80. The van der Waals surface area contributed by atoms with Crippen molar-refractivity contribution in [2.75, 3.05) is 6.61 Å². The van der Waals surface area contributed by atoms with Crippen LogP contribution in [0.15, 0.2) is 27.6 Å². The Morgan fingerprint density at radius 3 is 2.67 bits per heavy atom. The zero-order valence-corrected chi connectivity index (χ0v) is 11.0. The number of thioether (sulfide) groups is 1. The van der Waals surface area contributed by atoms with Crippen molar-refractivity contribution in [1.82, 2.24) is 0 Å². The molecular formula is C11H15BrO2S. The van der Waals surface area contributed by atoms with Crippen molar-refractivity contribution in [3.05, 3.63) is 28.2 Å². The maximum atomic E-state index is 9.01. The monoisotopic (exact) mass is 290 g/mol. The molecule has 0 saturated heterocycles. The van der Waals surface area contributed by atoms with Crippen LogP contribution < -0.4 is 0 Å². The summed E-state index contributed by atoms with van der Waals surface area (Å²) in [6.07, 6.45) is 0.796. The van der Waals surface area contributed by atoms with Gasteiger partial charge in [-0.2, -0.15) is 0 Å². The molecule has 0 radical (unpaired) electrons. The molecule has 1 rings (SSSR count). The minimum Gasteiger partial charge on any atom is -0.396 e. The van der Waals surface area contributed by atoms with Crippen LogP contribution in [-0.4, -0.2) is 22.1 Å². The van der Waals surface area contributed by atoms with Crippen molar-refractivity contribution in [3.8, 4) is 0 Å². The summed E-state index contributed by atoms with van der Waals surface area (Å²) >= 11 is 5.14. The number of hydrogen-bond acceptors (Lipinski definition) is 3. The average molecular weight is 291 g/mol. The van der Waals surface area contributed by atoms with Gasteiger partial charge < -0.3 is 10.2 Å². The van der Waals surface area contributed by atoms with Gasteiger partial charge >= 0.3 is 0 Å². The van der Waals surface area contributed by atoms with Gasteiger partial charge in [-0.25, -0.2) is 0 Å². The summed E-state index contributed by atoms with van der Waals surface area (Å²) in [6, 6.07) is 5.91. The van der Waals surface area contributed by atoms with E-state index in [1.807, 2.05) is 18.2 Å². The average Bonchev–Trinajstić information content (AvgIpc) is 2.18. The highest BCUT2D eigenvalue weighted by Gasteiger charge is 2.05. The lowest BCUT2D eigenvalue weighted by Crippen LogP contribution is -1.99. The summed E-state index contributed by atoms with van der Waals surface area (Å²) in [5.41, 5.74) is 0.897. The van der Waals surface area contributed by atoms with Gasteiger partial charge in [0.1, 0.15) is 0 Å². The van der Waals surface area contributed by atoms with Crippen LogP contribution in [0.25, 0.3) is 0 Å². The van der Waals surface area contributed by atoms with E-state index in [4.69, 9.17) is 10.2 Å². The van der Waals surface area contributed by atoms with Gasteiger partial charge in [-0.3, -0.25) is 0 Å². The molecule has 1 aromatic rings. The molecule has 0 spiro atoms. The zero-order valence-electron chi connectivity index (χ0n) is 8.61. The van der Waals surface area contributed by atoms with Crippen LogP contribution >= 0.6 is 27.7 Å². The van der Waals surface area contributed by atoms with Crippen molar-refractivity contribution in [2.24, 2.45) is 0 Å². The van der Waals surface area contributed by atoms with E-state index in [2.05, 4.69) is 22.9 Å². The lowest BCUT2D eigenvalue weighted by Gasteiger charge is -2.10. The van der Waals surface area contributed by atoms with E-state index in [1.165, 1.54) is 0 Å². The summed E-state index contributed by atoms with van der Waals surface area (Å²) in [5.74, 6) is 0. The van der Waals surface area contributed by atoms with Gasteiger partial charge in [0.05, 0.1) is 6.61 Å². The highest BCUT2D eigenvalue weighted by atomic mass is 79.9. The lowest BCUT2D eigenvalue weighted by molar-refractivity contribution is 0.281. The SMILES string of the molecule is CC(CCO)Sc1ccc(CO)c(Br)c1.